The van der Waals surface area contributed by atoms with Crippen LogP contribution < -0.4 is 5.73 Å². The molecule has 2 heterocycles. The van der Waals surface area contributed by atoms with Gasteiger partial charge in [0.2, 0.25) is 0 Å². The van der Waals surface area contributed by atoms with E-state index in [1.165, 1.54) is 17.1 Å². The number of anilines is 1. The summed E-state index contributed by atoms with van der Waals surface area (Å²) >= 11 is 0. The van der Waals surface area contributed by atoms with Gasteiger partial charge >= 0.3 is 7.82 Å². The molecule has 6 N–H and O–H groups in total. The number of rotatable bonds is 4. The molecule has 1 aliphatic rings. The van der Waals surface area contributed by atoms with Crippen LogP contribution in [-0.4, -0.2) is 54.4 Å². The van der Waals surface area contributed by atoms with Gasteiger partial charge in [-0.25, -0.2) is 9.55 Å². The number of nitrogens with zero attached hydrogens (tertiary/aromatic N) is 2. The monoisotopic (exact) mass is 296 g/mol. The molecule has 2 rings (SSSR count). The highest BCUT2D eigenvalue weighted by atomic mass is 31.2. The van der Waals surface area contributed by atoms with Crippen molar-refractivity contribution in [1.29, 1.82) is 0 Å². The lowest BCUT2D eigenvalue weighted by atomic mass is 10.1. The first kappa shape index (κ1) is 13.0. The van der Waals surface area contributed by atoms with Crippen LogP contribution in [-0.2, 0) is 13.8 Å². The van der Waals surface area contributed by atoms with Gasteiger partial charge in [0, 0.05) is 0 Å². The van der Waals surface area contributed by atoms with Gasteiger partial charge in [0.15, 0.2) is 6.23 Å². The van der Waals surface area contributed by atoms with E-state index in [2.05, 4.69) is 9.51 Å². The van der Waals surface area contributed by atoms with Crippen molar-refractivity contribution < 1.29 is 35.2 Å². The zero-order valence-electron chi connectivity index (χ0n) is 10.5. The summed E-state index contributed by atoms with van der Waals surface area (Å²) in [5, 5.41) is 19.7. The van der Waals surface area contributed by atoms with E-state index in [4.69, 9.17) is 21.6 Å². The Bertz CT molecular complexity index is 536. The van der Waals surface area contributed by atoms with Crippen LogP contribution in [0.1, 0.15) is 7.60 Å². The summed E-state index contributed by atoms with van der Waals surface area (Å²) < 4.78 is 28.9. The Kier molecular flexibility index (Phi) is 3.54. The van der Waals surface area contributed by atoms with Crippen LogP contribution in [0.25, 0.3) is 0 Å². The summed E-state index contributed by atoms with van der Waals surface area (Å²) in [5.74, 6) is 0.126. The van der Waals surface area contributed by atoms with Crippen LogP contribution in [0.3, 0.4) is 0 Å². The summed E-state index contributed by atoms with van der Waals surface area (Å²) in [6, 6.07) is 0. The molecule has 0 unspecified atom stereocenters. The van der Waals surface area contributed by atoms with Gasteiger partial charge in [-0.15, -0.1) is 0 Å². The lowest BCUT2D eigenvalue weighted by molar-refractivity contribution is -0.0510. The molecule has 0 aromatic carbocycles. The lowest BCUT2D eigenvalue weighted by Gasteiger charge is -2.17. The third kappa shape index (κ3) is 3.12. The molecule has 0 radical (unpaired) electrons. The highest BCUT2D eigenvalue weighted by Gasteiger charge is 2.44. The minimum Gasteiger partial charge on any atom is -0.387 e. The fourth-order valence-corrected chi connectivity index (χ4v) is 1.95. The predicted octanol–water partition coefficient (Wildman–Crippen LogP) is -1.81. The molecule has 11 heteroatoms. The molecule has 1 fully saturated rings. The molecule has 19 heavy (non-hydrogen) atoms. The Balaban J connectivity index is 2.18. The largest absolute Gasteiger partial charge is 0.469 e. The minimum absolute atomic E-state index is 0.126. The second-order valence-corrected chi connectivity index (χ2v) is 5.14. The number of hydrogen-bond acceptors (Lipinski definition) is 7. The Morgan fingerprint density at radius 3 is 2.79 bits per heavy atom. The van der Waals surface area contributed by atoms with E-state index >= 15 is 0 Å². The average molecular weight is 296 g/mol. The Morgan fingerprint density at radius 1 is 1.58 bits per heavy atom. The molecule has 1 aliphatic heterocycles. The third-order valence-electron chi connectivity index (χ3n) is 2.56. The molecule has 0 aliphatic carbocycles. The summed E-state index contributed by atoms with van der Waals surface area (Å²) in [4.78, 5) is 20.9. The number of aliphatic hydroxyl groups is 2. The number of imidazole rings is 1. The molecule has 0 bridgehead atoms. The number of phosphoric acid groups is 1. The van der Waals surface area contributed by atoms with Crippen LogP contribution in [0.2, 0.25) is 0 Å². The normalized spacial score (nSPS) is 36.4. The van der Waals surface area contributed by atoms with Crippen LogP contribution >= 0.6 is 7.82 Å². The minimum atomic E-state index is -4.83. The Labute approximate surface area is 109 Å². The second-order valence-electron chi connectivity index (χ2n) is 3.90. The van der Waals surface area contributed by atoms with Gasteiger partial charge in [0.05, 0.1) is 20.5 Å². The van der Waals surface area contributed by atoms with E-state index in [1.807, 2.05) is 0 Å². The van der Waals surface area contributed by atoms with Crippen LogP contribution in [0.5, 0.6) is 0 Å². The zero-order valence-corrected chi connectivity index (χ0v) is 10.4. The average Bonchev–Trinajstić information content (AvgIpc) is 2.85. The molecule has 0 spiro atoms. The van der Waals surface area contributed by atoms with Gasteiger partial charge in [-0.05, 0) is 0 Å². The Hall–Kier alpha value is -1.00. The van der Waals surface area contributed by atoms with Crippen molar-refractivity contribution in [2.24, 2.45) is 0 Å². The molecule has 108 valence electrons. The molecule has 10 nitrogen and oxygen atoms in total. The first-order chi connectivity index (χ1) is 9.14. The van der Waals surface area contributed by atoms with E-state index in [0.29, 0.717) is 0 Å². The fourth-order valence-electron chi connectivity index (χ4n) is 1.66. The quantitative estimate of drug-likeness (QED) is 0.403. The van der Waals surface area contributed by atoms with E-state index in [0.717, 1.165) is 0 Å². The number of ether oxygens (including phenoxy) is 1. The lowest BCUT2D eigenvalue weighted by Crippen LogP contribution is -2.33. The summed E-state index contributed by atoms with van der Waals surface area (Å²) in [7, 11) is -4.83. The van der Waals surface area contributed by atoms with Gasteiger partial charge in [0.25, 0.3) is 0 Å². The van der Waals surface area contributed by atoms with Gasteiger partial charge in [0.1, 0.15) is 24.1 Å². The SMILES string of the molecule is [2H][C@]1(COP(=O)(O)O)O[C@@H](n2cncc2N)[C@H](O)[C@@H]1O. The zero-order chi connectivity index (χ0) is 15.1. The van der Waals surface area contributed by atoms with Gasteiger partial charge < -0.3 is 30.5 Å². The maximum atomic E-state index is 10.6. The number of aliphatic hydroxyl groups excluding tert-OH is 2. The van der Waals surface area contributed by atoms with E-state index in [1.54, 1.807) is 0 Å². The summed E-state index contributed by atoms with van der Waals surface area (Å²) in [5.41, 5.74) is 5.57. The molecule has 1 aromatic rings. The summed E-state index contributed by atoms with van der Waals surface area (Å²) in [6.07, 6.45) is -4.25. The van der Waals surface area contributed by atoms with Crippen molar-refractivity contribution in [3.8, 4) is 0 Å². The topological polar surface area (TPSA) is 160 Å². The predicted molar refractivity (Wildman–Crippen MR) is 60.6 cm³/mol. The number of nitrogen functional groups attached to an aromatic ring is 1. The molecule has 0 amide bonds. The van der Waals surface area contributed by atoms with E-state index in [-0.39, 0.29) is 5.82 Å². The number of phosphoric ester groups is 1. The number of aromatic nitrogens is 2. The van der Waals surface area contributed by atoms with Crippen molar-refractivity contribution in [3.05, 3.63) is 12.5 Å². The highest BCUT2D eigenvalue weighted by Crippen LogP contribution is 2.38. The number of hydrogen-bond donors (Lipinski definition) is 5. The highest BCUT2D eigenvalue weighted by molar-refractivity contribution is 7.46. The number of nitrogens with two attached hydrogens (primary N) is 1. The fraction of sp³-hybridized carbons (Fsp3) is 0.625. The van der Waals surface area contributed by atoms with E-state index in [9.17, 15) is 14.8 Å². The van der Waals surface area contributed by atoms with Crippen LogP contribution in [0.15, 0.2) is 12.5 Å². The van der Waals surface area contributed by atoms with Crippen molar-refractivity contribution in [2.45, 2.75) is 24.5 Å². The van der Waals surface area contributed by atoms with E-state index < -0.39 is 38.9 Å². The maximum Gasteiger partial charge on any atom is 0.469 e. The smallest absolute Gasteiger partial charge is 0.387 e. The summed E-state index contributed by atoms with van der Waals surface area (Å²) in [6.45, 7) is -0.930. The maximum absolute atomic E-state index is 10.6. The third-order valence-corrected chi connectivity index (χ3v) is 3.03. The molecular weight excluding hydrogens is 281 g/mol. The van der Waals surface area contributed by atoms with Gasteiger partial charge in [-0.1, -0.05) is 0 Å². The molecule has 0 saturated carbocycles. The first-order valence-corrected chi connectivity index (χ1v) is 6.68. The van der Waals surface area contributed by atoms with Crippen molar-refractivity contribution in [1.82, 2.24) is 9.55 Å². The van der Waals surface area contributed by atoms with Crippen LogP contribution in [0.4, 0.5) is 5.82 Å². The van der Waals surface area contributed by atoms with Crippen molar-refractivity contribution in [3.63, 3.8) is 0 Å². The molecule has 4 atom stereocenters. The first-order valence-electron chi connectivity index (χ1n) is 5.65. The Morgan fingerprint density at radius 2 is 2.26 bits per heavy atom. The van der Waals surface area contributed by atoms with Gasteiger partial charge in [-0.3, -0.25) is 9.09 Å². The molecule has 1 aromatic heterocycles. The standard InChI is InChI=1S/C8H14N3O7P/c9-5-1-10-3-11(5)8-7(13)6(12)4(18-8)2-17-19(14,15)16/h1,3-4,6-8,12-13H,2,9H2,(H2,14,15,16)/t4-,6-,7-,8-/m1/s1/i4D. The van der Waals surface area contributed by atoms with Crippen molar-refractivity contribution >= 4 is 13.6 Å². The van der Waals surface area contributed by atoms with Crippen molar-refractivity contribution in [2.75, 3.05) is 12.3 Å². The van der Waals surface area contributed by atoms with Gasteiger partial charge in [-0.2, -0.15) is 0 Å². The molecule has 1 saturated heterocycles. The van der Waals surface area contributed by atoms with Crippen LogP contribution in [0, 0.1) is 0 Å². The second kappa shape index (κ2) is 5.17. The molecular formula is C8H14N3O7P.